The molecule has 0 aliphatic heterocycles. The van der Waals surface area contributed by atoms with Crippen molar-refractivity contribution in [2.75, 3.05) is 17.7 Å². The smallest absolute Gasteiger partial charge is 0.323 e. The van der Waals surface area contributed by atoms with Gasteiger partial charge in [0.05, 0.1) is 6.61 Å². The molecule has 0 amide bonds. The molecule has 0 aromatic carbocycles. The van der Waals surface area contributed by atoms with Crippen LogP contribution in [0.4, 0.5) is 11.9 Å². The molecule has 0 aliphatic carbocycles. The van der Waals surface area contributed by atoms with Gasteiger partial charge >= 0.3 is 6.01 Å². The van der Waals surface area contributed by atoms with Gasteiger partial charge in [0, 0.05) is 18.9 Å². The van der Waals surface area contributed by atoms with E-state index < -0.39 is 0 Å². The third kappa shape index (κ3) is 3.27. The largest absolute Gasteiger partial charge is 0.464 e. The summed E-state index contributed by atoms with van der Waals surface area (Å²) in [5.41, 5.74) is 6.59. The Labute approximate surface area is 104 Å². The highest BCUT2D eigenvalue weighted by atomic mass is 16.5. The number of anilines is 2. The average Bonchev–Trinajstić information content (AvgIpc) is 2.37. The van der Waals surface area contributed by atoms with Crippen molar-refractivity contribution in [2.45, 2.75) is 13.5 Å². The van der Waals surface area contributed by atoms with E-state index in [0.717, 1.165) is 5.56 Å². The van der Waals surface area contributed by atoms with Crippen LogP contribution in [-0.4, -0.2) is 26.5 Å². The van der Waals surface area contributed by atoms with Crippen molar-refractivity contribution in [1.29, 1.82) is 0 Å². The molecule has 0 spiro atoms. The lowest BCUT2D eigenvalue weighted by Gasteiger charge is -2.06. The molecule has 0 saturated carbocycles. The Morgan fingerprint density at radius 1 is 1.33 bits per heavy atom. The van der Waals surface area contributed by atoms with Crippen LogP contribution >= 0.6 is 0 Å². The minimum absolute atomic E-state index is 0.127. The molecule has 94 valence electrons. The first-order chi connectivity index (χ1) is 8.78. The van der Waals surface area contributed by atoms with Gasteiger partial charge < -0.3 is 15.8 Å². The van der Waals surface area contributed by atoms with Crippen LogP contribution in [0.2, 0.25) is 0 Å². The van der Waals surface area contributed by atoms with Crippen molar-refractivity contribution >= 4 is 11.9 Å². The third-order valence-electron chi connectivity index (χ3n) is 2.08. The first-order valence-electron chi connectivity index (χ1n) is 5.55. The molecule has 0 atom stereocenters. The maximum atomic E-state index is 5.56. The second-order valence-electron chi connectivity index (χ2n) is 3.45. The van der Waals surface area contributed by atoms with Crippen LogP contribution in [0.25, 0.3) is 0 Å². The van der Waals surface area contributed by atoms with Gasteiger partial charge in [0.25, 0.3) is 0 Å². The molecular formula is C11H14N6O. The van der Waals surface area contributed by atoms with Gasteiger partial charge in [-0.1, -0.05) is 6.07 Å². The van der Waals surface area contributed by atoms with Gasteiger partial charge in [0.15, 0.2) is 0 Å². The predicted molar refractivity (Wildman–Crippen MR) is 67.0 cm³/mol. The molecule has 7 heteroatoms. The van der Waals surface area contributed by atoms with E-state index >= 15 is 0 Å². The van der Waals surface area contributed by atoms with E-state index in [-0.39, 0.29) is 12.0 Å². The molecule has 2 aromatic heterocycles. The molecule has 2 rings (SSSR count). The number of pyridine rings is 1. The molecule has 18 heavy (non-hydrogen) atoms. The van der Waals surface area contributed by atoms with Gasteiger partial charge in [-0.25, -0.2) is 0 Å². The summed E-state index contributed by atoms with van der Waals surface area (Å²) in [5, 5.41) is 3.04. The summed E-state index contributed by atoms with van der Waals surface area (Å²) in [6.45, 7) is 2.89. The second kappa shape index (κ2) is 5.76. The van der Waals surface area contributed by atoms with Crippen LogP contribution in [0.1, 0.15) is 12.5 Å². The zero-order valence-corrected chi connectivity index (χ0v) is 10.00. The van der Waals surface area contributed by atoms with Crippen LogP contribution in [0.3, 0.4) is 0 Å². The Kier molecular flexibility index (Phi) is 3.85. The Bertz CT molecular complexity index is 504. The van der Waals surface area contributed by atoms with Crippen molar-refractivity contribution in [2.24, 2.45) is 0 Å². The van der Waals surface area contributed by atoms with Crippen LogP contribution in [0.15, 0.2) is 24.5 Å². The van der Waals surface area contributed by atoms with Crippen LogP contribution < -0.4 is 15.8 Å². The summed E-state index contributed by atoms with van der Waals surface area (Å²) >= 11 is 0. The number of nitrogen functional groups attached to an aromatic ring is 1. The summed E-state index contributed by atoms with van der Waals surface area (Å²) in [6.07, 6.45) is 3.48. The molecule has 3 N–H and O–H groups in total. The Morgan fingerprint density at radius 2 is 2.22 bits per heavy atom. The predicted octanol–water partition coefficient (Wildman–Crippen LogP) is 0.860. The Balaban J connectivity index is 2.05. The zero-order chi connectivity index (χ0) is 12.8. The van der Waals surface area contributed by atoms with E-state index in [4.69, 9.17) is 10.5 Å². The number of hydrogen-bond acceptors (Lipinski definition) is 7. The fourth-order valence-corrected chi connectivity index (χ4v) is 1.33. The first-order valence-corrected chi connectivity index (χ1v) is 5.55. The maximum absolute atomic E-state index is 5.56. The topological polar surface area (TPSA) is 98.8 Å². The van der Waals surface area contributed by atoms with Crippen molar-refractivity contribution in [1.82, 2.24) is 19.9 Å². The lowest BCUT2D eigenvalue weighted by molar-refractivity contribution is 0.312. The highest BCUT2D eigenvalue weighted by Gasteiger charge is 2.04. The molecule has 2 heterocycles. The van der Waals surface area contributed by atoms with Gasteiger partial charge in [-0.15, -0.1) is 0 Å². The van der Waals surface area contributed by atoms with Gasteiger partial charge in [-0.2, -0.15) is 15.0 Å². The number of nitrogens with two attached hydrogens (primary N) is 1. The average molecular weight is 246 g/mol. The van der Waals surface area contributed by atoms with Gasteiger partial charge in [0.1, 0.15) is 0 Å². The van der Waals surface area contributed by atoms with Gasteiger partial charge in [-0.05, 0) is 18.6 Å². The molecule has 0 bridgehead atoms. The lowest BCUT2D eigenvalue weighted by Crippen LogP contribution is -2.09. The first kappa shape index (κ1) is 12.0. The Hall–Kier alpha value is -2.44. The molecule has 2 aromatic rings. The summed E-state index contributed by atoms with van der Waals surface area (Å²) in [7, 11) is 0. The van der Waals surface area contributed by atoms with Crippen molar-refractivity contribution in [3.05, 3.63) is 30.1 Å². The minimum Gasteiger partial charge on any atom is -0.464 e. The number of rotatable bonds is 5. The van der Waals surface area contributed by atoms with E-state index in [0.29, 0.717) is 19.1 Å². The monoisotopic (exact) mass is 246 g/mol. The fourth-order valence-electron chi connectivity index (χ4n) is 1.33. The zero-order valence-electron chi connectivity index (χ0n) is 10.00. The Morgan fingerprint density at radius 3 is 2.94 bits per heavy atom. The van der Waals surface area contributed by atoms with Crippen molar-refractivity contribution in [3.8, 4) is 6.01 Å². The third-order valence-corrected chi connectivity index (χ3v) is 2.08. The van der Waals surface area contributed by atoms with Gasteiger partial charge in [0.2, 0.25) is 11.9 Å². The number of hydrogen-bond donors (Lipinski definition) is 2. The normalized spacial score (nSPS) is 10.1. The maximum Gasteiger partial charge on any atom is 0.323 e. The van der Waals surface area contributed by atoms with Crippen LogP contribution in [0.5, 0.6) is 6.01 Å². The van der Waals surface area contributed by atoms with Crippen molar-refractivity contribution in [3.63, 3.8) is 0 Å². The minimum atomic E-state index is 0.127. The number of nitrogens with one attached hydrogen (secondary N) is 1. The standard InChI is InChI=1S/C11H14N6O/c1-2-18-11-16-9(12)15-10(17-11)14-7-8-4-3-5-13-6-8/h3-6H,2,7H2,1H3,(H3,12,14,15,16,17). The summed E-state index contributed by atoms with van der Waals surface area (Å²) in [6, 6.07) is 4.04. The molecule has 7 nitrogen and oxygen atoms in total. The van der Waals surface area contributed by atoms with Crippen molar-refractivity contribution < 1.29 is 4.74 Å². The fraction of sp³-hybridized carbons (Fsp3) is 0.273. The number of nitrogens with zero attached hydrogens (tertiary/aromatic N) is 4. The molecule has 0 aliphatic rings. The highest BCUT2D eigenvalue weighted by molar-refractivity contribution is 5.33. The van der Waals surface area contributed by atoms with E-state index in [1.54, 1.807) is 12.4 Å². The van der Waals surface area contributed by atoms with Crippen LogP contribution in [0, 0.1) is 0 Å². The number of ether oxygens (including phenoxy) is 1. The van der Waals surface area contributed by atoms with E-state index in [9.17, 15) is 0 Å². The highest BCUT2D eigenvalue weighted by Crippen LogP contribution is 2.09. The number of aromatic nitrogens is 4. The lowest BCUT2D eigenvalue weighted by atomic mass is 10.3. The second-order valence-corrected chi connectivity index (χ2v) is 3.45. The molecular weight excluding hydrogens is 232 g/mol. The SMILES string of the molecule is CCOc1nc(N)nc(NCc2cccnc2)n1. The summed E-state index contributed by atoms with van der Waals surface area (Å²) < 4.78 is 5.18. The van der Waals surface area contributed by atoms with E-state index in [1.807, 2.05) is 19.1 Å². The molecule has 0 unspecified atom stereocenters. The van der Waals surface area contributed by atoms with E-state index in [2.05, 4.69) is 25.3 Å². The van der Waals surface area contributed by atoms with Gasteiger partial charge in [-0.3, -0.25) is 4.98 Å². The molecule has 0 saturated heterocycles. The van der Waals surface area contributed by atoms with Crippen LogP contribution in [-0.2, 0) is 6.54 Å². The quantitative estimate of drug-likeness (QED) is 0.807. The summed E-state index contributed by atoms with van der Waals surface area (Å²) in [4.78, 5) is 15.9. The summed E-state index contributed by atoms with van der Waals surface area (Å²) in [5.74, 6) is 0.511. The molecule has 0 fully saturated rings. The molecule has 0 radical (unpaired) electrons. The van der Waals surface area contributed by atoms with E-state index in [1.165, 1.54) is 0 Å².